The summed E-state index contributed by atoms with van der Waals surface area (Å²) in [7, 11) is 0. The van der Waals surface area contributed by atoms with Crippen LogP contribution in [0.15, 0.2) is 54.7 Å². The maximum Gasteiger partial charge on any atom is 0.239 e. The van der Waals surface area contributed by atoms with Gasteiger partial charge in [-0.05, 0) is 61.6 Å². The van der Waals surface area contributed by atoms with Gasteiger partial charge in [-0.2, -0.15) is 0 Å². The minimum Gasteiger partial charge on any atom is -0.352 e. The van der Waals surface area contributed by atoms with Gasteiger partial charge >= 0.3 is 0 Å². The fourth-order valence-corrected chi connectivity index (χ4v) is 4.41. The number of nitrogens with two attached hydrogens (primary N) is 1. The second-order valence-electron chi connectivity index (χ2n) is 9.53. The molecule has 1 heterocycles. The first-order chi connectivity index (χ1) is 16.7. The van der Waals surface area contributed by atoms with Crippen LogP contribution >= 0.6 is 11.6 Å². The normalized spacial score (nSPS) is 15.8. The quantitative estimate of drug-likeness (QED) is 0.477. The highest BCUT2D eigenvalue weighted by Gasteiger charge is 2.18. The molecule has 3 rings (SSSR count). The number of rotatable bonds is 10. The highest BCUT2D eigenvalue weighted by Crippen LogP contribution is 2.23. The molecule has 7 heteroatoms. The SMILES string of the molecule is C/C(=C\N(CC(=O)NC(C)C)C(N)c1cccc(Cl)c1)c1ccc(CCN2CCC(=O)CC2)cc1. The number of nitrogens with zero attached hydrogens (tertiary/aromatic N) is 2. The summed E-state index contributed by atoms with van der Waals surface area (Å²) >= 11 is 6.18. The molecule has 0 spiro atoms. The number of likely N-dealkylation sites (tertiary alicyclic amines) is 1. The van der Waals surface area contributed by atoms with Gasteiger partial charge in [0, 0.05) is 49.7 Å². The average molecular weight is 497 g/mol. The molecule has 3 N–H and O–H groups in total. The number of hydrogen-bond acceptors (Lipinski definition) is 5. The van der Waals surface area contributed by atoms with Crippen molar-refractivity contribution in [2.24, 2.45) is 5.73 Å². The Hall–Kier alpha value is -2.67. The van der Waals surface area contributed by atoms with E-state index in [1.807, 2.05) is 50.1 Å². The van der Waals surface area contributed by atoms with Gasteiger partial charge in [-0.15, -0.1) is 0 Å². The van der Waals surface area contributed by atoms with Crippen LogP contribution in [0.2, 0.25) is 5.02 Å². The molecule has 0 aromatic heterocycles. The summed E-state index contributed by atoms with van der Waals surface area (Å²) in [4.78, 5) is 28.2. The fourth-order valence-electron chi connectivity index (χ4n) is 4.21. The standard InChI is InChI=1S/C28H37ClN4O2/c1-20(2)31-27(35)19-33(28(30)24-5-4-6-25(29)17-24)18-21(3)23-9-7-22(8-10-23)11-14-32-15-12-26(34)13-16-32/h4-10,17-18,20,28H,11-16,19,30H2,1-3H3,(H,31,35)/b21-18+. The average Bonchev–Trinajstić information content (AvgIpc) is 2.82. The van der Waals surface area contributed by atoms with Crippen LogP contribution in [0.3, 0.4) is 0 Å². The summed E-state index contributed by atoms with van der Waals surface area (Å²) < 4.78 is 0. The minimum atomic E-state index is -0.516. The van der Waals surface area contributed by atoms with E-state index in [9.17, 15) is 9.59 Å². The highest BCUT2D eigenvalue weighted by atomic mass is 35.5. The van der Waals surface area contributed by atoms with Crippen LogP contribution in [0.5, 0.6) is 0 Å². The van der Waals surface area contributed by atoms with E-state index < -0.39 is 6.17 Å². The molecule has 1 amide bonds. The zero-order valence-corrected chi connectivity index (χ0v) is 21.7. The van der Waals surface area contributed by atoms with Crippen molar-refractivity contribution < 1.29 is 9.59 Å². The lowest BCUT2D eigenvalue weighted by Crippen LogP contribution is -2.41. The highest BCUT2D eigenvalue weighted by molar-refractivity contribution is 6.30. The Morgan fingerprint density at radius 2 is 1.86 bits per heavy atom. The smallest absolute Gasteiger partial charge is 0.239 e. The second kappa shape index (κ2) is 12.9. The van der Waals surface area contributed by atoms with Gasteiger partial charge in [0.25, 0.3) is 0 Å². The van der Waals surface area contributed by atoms with Crippen LogP contribution < -0.4 is 11.1 Å². The molecule has 0 aliphatic carbocycles. The zero-order valence-electron chi connectivity index (χ0n) is 21.0. The van der Waals surface area contributed by atoms with Crippen LogP contribution in [0.25, 0.3) is 5.57 Å². The summed E-state index contributed by atoms with van der Waals surface area (Å²) in [5.41, 5.74) is 10.8. The molecular formula is C28H37ClN4O2. The van der Waals surface area contributed by atoms with Crippen LogP contribution in [0.1, 0.15) is 56.5 Å². The van der Waals surface area contributed by atoms with E-state index in [2.05, 4.69) is 34.5 Å². The van der Waals surface area contributed by atoms with Gasteiger partial charge in [-0.1, -0.05) is 48.0 Å². The largest absolute Gasteiger partial charge is 0.352 e. The number of ketones is 1. The van der Waals surface area contributed by atoms with Gasteiger partial charge in [0.2, 0.25) is 5.91 Å². The van der Waals surface area contributed by atoms with E-state index in [0.717, 1.165) is 42.8 Å². The fraction of sp³-hybridized carbons (Fsp3) is 0.429. The second-order valence-corrected chi connectivity index (χ2v) is 9.97. The van der Waals surface area contributed by atoms with E-state index in [1.165, 1.54) is 5.56 Å². The van der Waals surface area contributed by atoms with Gasteiger partial charge in [0.1, 0.15) is 11.9 Å². The molecule has 1 atom stereocenters. The Morgan fingerprint density at radius 3 is 2.49 bits per heavy atom. The Morgan fingerprint density at radius 1 is 1.17 bits per heavy atom. The summed E-state index contributed by atoms with van der Waals surface area (Å²) in [6, 6.07) is 16.0. The summed E-state index contributed by atoms with van der Waals surface area (Å²) in [6.45, 7) is 8.74. The molecule has 1 aliphatic heterocycles. The van der Waals surface area contributed by atoms with Crippen molar-refractivity contribution in [2.75, 3.05) is 26.2 Å². The van der Waals surface area contributed by atoms with Crippen molar-refractivity contribution >= 4 is 28.9 Å². The van der Waals surface area contributed by atoms with Crippen LogP contribution in [-0.2, 0) is 16.0 Å². The molecule has 188 valence electrons. The molecule has 1 unspecified atom stereocenters. The number of hydrogen-bond donors (Lipinski definition) is 2. The number of amides is 1. The molecule has 35 heavy (non-hydrogen) atoms. The first-order valence-corrected chi connectivity index (χ1v) is 12.7. The zero-order chi connectivity index (χ0) is 25.4. The first kappa shape index (κ1) is 26.9. The third-order valence-electron chi connectivity index (χ3n) is 6.22. The van der Waals surface area contributed by atoms with E-state index in [1.54, 1.807) is 6.07 Å². The van der Waals surface area contributed by atoms with Gasteiger partial charge < -0.3 is 20.9 Å². The maximum atomic E-state index is 12.6. The maximum absolute atomic E-state index is 12.6. The van der Waals surface area contributed by atoms with Gasteiger partial charge in [-0.3, -0.25) is 9.59 Å². The first-order valence-electron chi connectivity index (χ1n) is 12.3. The Bertz CT molecular complexity index is 1030. The molecule has 2 aromatic carbocycles. The molecule has 6 nitrogen and oxygen atoms in total. The van der Waals surface area contributed by atoms with Crippen molar-refractivity contribution in [2.45, 2.75) is 52.2 Å². The van der Waals surface area contributed by atoms with E-state index in [0.29, 0.717) is 23.6 Å². The summed E-state index contributed by atoms with van der Waals surface area (Å²) in [5, 5.41) is 3.55. The third-order valence-corrected chi connectivity index (χ3v) is 6.46. The monoisotopic (exact) mass is 496 g/mol. The molecule has 1 fully saturated rings. The number of carbonyl (C=O) groups is 2. The number of allylic oxidation sites excluding steroid dienone is 1. The summed E-state index contributed by atoms with van der Waals surface area (Å²) in [5.74, 6) is 0.287. The van der Waals surface area contributed by atoms with Crippen LogP contribution in [-0.4, -0.2) is 53.7 Å². The Labute approximate surface area is 214 Å². The number of benzene rings is 2. The lowest BCUT2D eigenvalue weighted by atomic mass is 10.0. The van der Waals surface area contributed by atoms with Crippen molar-refractivity contribution in [3.63, 3.8) is 0 Å². The lowest BCUT2D eigenvalue weighted by Gasteiger charge is -2.29. The molecule has 2 aromatic rings. The number of halogens is 1. The van der Waals surface area contributed by atoms with Crippen molar-refractivity contribution in [1.29, 1.82) is 0 Å². The van der Waals surface area contributed by atoms with E-state index in [4.69, 9.17) is 17.3 Å². The molecule has 1 aliphatic rings. The van der Waals surface area contributed by atoms with Crippen LogP contribution in [0, 0.1) is 0 Å². The van der Waals surface area contributed by atoms with Crippen molar-refractivity contribution in [3.8, 4) is 0 Å². The topological polar surface area (TPSA) is 78.7 Å². The Balaban J connectivity index is 1.71. The summed E-state index contributed by atoms with van der Waals surface area (Å²) in [6.07, 6.45) is 3.74. The molecule has 1 saturated heterocycles. The number of Topliss-reactive ketones (excluding diaryl/α,β-unsaturated/α-hetero) is 1. The molecular weight excluding hydrogens is 460 g/mol. The van der Waals surface area contributed by atoms with Crippen molar-refractivity contribution in [1.82, 2.24) is 15.1 Å². The van der Waals surface area contributed by atoms with E-state index >= 15 is 0 Å². The molecule has 0 bridgehead atoms. The van der Waals surface area contributed by atoms with E-state index in [-0.39, 0.29) is 18.5 Å². The molecule has 0 radical (unpaired) electrons. The number of carbonyl (C=O) groups excluding carboxylic acids is 2. The van der Waals surface area contributed by atoms with Gasteiger partial charge in [0.05, 0.1) is 6.54 Å². The predicted octanol–water partition coefficient (Wildman–Crippen LogP) is 4.39. The number of piperidine rings is 1. The van der Waals surface area contributed by atoms with Gasteiger partial charge in [0.15, 0.2) is 0 Å². The van der Waals surface area contributed by atoms with Crippen molar-refractivity contribution in [3.05, 3.63) is 76.4 Å². The Kier molecular flexibility index (Phi) is 9.90. The van der Waals surface area contributed by atoms with Gasteiger partial charge in [-0.25, -0.2) is 0 Å². The predicted molar refractivity (Wildman–Crippen MR) is 143 cm³/mol. The van der Waals surface area contributed by atoms with Crippen LogP contribution in [0.4, 0.5) is 0 Å². The third kappa shape index (κ3) is 8.49. The minimum absolute atomic E-state index is 0.0507. The lowest BCUT2D eigenvalue weighted by molar-refractivity contribution is -0.123. The number of nitrogens with one attached hydrogen (secondary N) is 1. The molecule has 0 saturated carbocycles.